The molecule has 0 unspecified atom stereocenters. The molecule has 0 aromatic carbocycles. The second-order valence-electron chi connectivity index (χ2n) is 4.36. The van der Waals surface area contributed by atoms with Crippen molar-refractivity contribution in [3.8, 4) is 11.3 Å². The lowest BCUT2D eigenvalue weighted by Gasteiger charge is -2.08. The number of aromatic nitrogens is 4. The molecule has 2 rings (SSSR count). The van der Waals surface area contributed by atoms with Gasteiger partial charge in [-0.05, 0) is 11.6 Å². The summed E-state index contributed by atoms with van der Waals surface area (Å²) in [5, 5.41) is 11.2. The summed E-state index contributed by atoms with van der Waals surface area (Å²) in [5.41, 5.74) is 3.18. The molecule has 0 saturated carbocycles. The zero-order valence-corrected chi connectivity index (χ0v) is 10.4. The smallest absolute Gasteiger partial charge is 0.0897 e. The van der Waals surface area contributed by atoms with Gasteiger partial charge in [-0.3, -0.25) is 4.98 Å². The van der Waals surface area contributed by atoms with Gasteiger partial charge in [-0.15, -0.1) is 5.10 Å². The van der Waals surface area contributed by atoms with Crippen molar-refractivity contribution in [1.29, 1.82) is 0 Å². The SMILES string of the molecule is CC(C)NCc1cncc(-c2cnnn2C)c1. The van der Waals surface area contributed by atoms with Gasteiger partial charge in [-0.25, -0.2) is 4.68 Å². The molecule has 0 aliphatic heterocycles. The molecule has 2 heterocycles. The van der Waals surface area contributed by atoms with E-state index >= 15 is 0 Å². The van der Waals surface area contributed by atoms with Gasteiger partial charge in [0.05, 0.1) is 11.9 Å². The zero-order chi connectivity index (χ0) is 12.3. The fourth-order valence-corrected chi connectivity index (χ4v) is 1.60. The van der Waals surface area contributed by atoms with Gasteiger partial charge in [0, 0.05) is 37.6 Å². The van der Waals surface area contributed by atoms with Crippen molar-refractivity contribution in [2.45, 2.75) is 26.4 Å². The third-order valence-electron chi connectivity index (χ3n) is 2.52. The highest BCUT2D eigenvalue weighted by Crippen LogP contribution is 2.17. The molecule has 0 aliphatic carbocycles. The Morgan fingerprint density at radius 1 is 1.29 bits per heavy atom. The average molecular weight is 231 g/mol. The number of rotatable bonds is 4. The second-order valence-corrected chi connectivity index (χ2v) is 4.36. The fraction of sp³-hybridized carbons (Fsp3) is 0.417. The van der Waals surface area contributed by atoms with Gasteiger partial charge < -0.3 is 5.32 Å². The number of nitrogens with zero attached hydrogens (tertiary/aromatic N) is 4. The molecule has 2 aromatic rings. The topological polar surface area (TPSA) is 55.6 Å². The molecular formula is C12H17N5. The Balaban J connectivity index is 2.20. The van der Waals surface area contributed by atoms with Gasteiger partial charge in [0.2, 0.25) is 0 Å². The Labute approximate surface area is 101 Å². The van der Waals surface area contributed by atoms with Crippen LogP contribution >= 0.6 is 0 Å². The molecule has 5 nitrogen and oxygen atoms in total. The van der Waals surface area contributed by atoms with E-state index in [0.717, 1.165) is 23.4 Å². The highest BCUT2D eigenvalue weighted by Gasteiger charge is 2.05. The van der Waals surface area contributed by atoms with Crippen LogP contribution in [0.1, 0.15) is 19.4 Å². The first-order valence-corrected chi connectivity index (χ1v) is 5.69. The van der Waals surface area contributed by atoms with Gasteiger partial charge in [-0.2, -0.15) is 0 Å². The lowest BCUT2D eigenvalue weighted by molar-refractivity contribution is 0.588. The maximum Gasteiger partial charge on any atom is 0.0897 e. The highest BCUT2D eigenvalue weighted by molar-refractivity contribution is 5.57. The van der Waals surface area contributed by atoms with E-state index in [1.165, 1.54) is 0 Å². The Kier molecular flexibility index (Phi) is 3.49. The molecule has 0 aliphatic rings. The number of aryl methyl sites for hydroxylation is 1. The molecule has 1 N–H and O–H groups in total. The van der Waals surface area contributed by atoms with E-state index < -0.39 is 0 Å². The molecule has 0 fully saturated rings. The Hall–Kier alpha value is -1.75. The van der Waals surface area contributed by atoms with Gasteiger partial charge >= 0.3 is 0 Å². The van der Waals surface area contributed by atoms with Crippen LogP contribution in [-0.4, -0.2) is 26.0 Å². The van der Waals surface area contributed by atoms with Crippen LogP contribution in [0.3, 0.4) is 0 Å². The summed E-state index contributed by atoms with van der Waals surface area (Å²) in [4.78, 5) is 4.25. The van der Waals surface area contributed by atoms with Crippen molar-refractivity contribution in [2.75, 3.05) is 0 Å². The number of hydrogen-bond acceptors (Lipinski definition) is 4. The van der Waals surface area contributed by atoms with E-state index in [0.29, 0.717) is 6.04 Å². The van der Waals surface area contributed by atoms with Crippen molar-refractivity contribution >= 4 is 0 Å². The molecule has 0 radical (unpaired) electrons. The highest BCUT2D eigenvalue weighted by atomic mass is 15.4. The van der Waals surface area contributed by atoms with Gasteiger partial charge in [0.15, 0.2) is 0 Å². The predicted molar refractivity (Wildman–Crippen MR) is 66.2 cm³/mol. The minimum atomic E-state index is 0.469. The fourth-order valence-electron chi connectivity index (χ4n) is 1.60. The third kappa shape index (κ3) is 2.88. The van der Waals surface area contributed by atoms with E-state index in [2.05, 4.69) is 40.5 Å². The van der Waals surface area contributed by atoms with Crippen LogP contribution in [0.5, 0.6) is 0 Å². The monoisotopic (exact) mass is 231 g/mol. The largest absolute Gasteiger partial charge is 0.310 e. The first-order valence-electron chi connectivity index (χ1n) is 5.69. The van der Waals surface area contributed by atoms with Crippen molar-refractivity contribution in [2.24, 2.45) is 7.05 Å². The summed E-state index contributed by atoms with van der Waals surface area (Å²) >= 11 is 0. The minimum absolute atomic E-state index is 0.469. The molecule has 0 saturated heterocycles. The first-order chi connectivity index (χ1) is 8.16. The van der Waals surface area contributed by atoms with Gasteiger partial charge in [0.1, 0.15) is 0 Å². The van der Waals surface area contributed by atoms with Crippen LogP contribution in [0.25, 0.3) is 11.3 Å². The maximum atomic E-state index is 4.25. The summed E-state index contributed by atoms with van der Waals surface area (Å²) in [6.07, 6.45) is 5.46. The first kappa shape index (κ1) is 11.7. The van der Waals surface area contributed by atoms with E-state index in [-0.39, 0.29) is 0 Å². The van der Waals surface area contributed by atoms with E-state index in [4.69, 9.17) is 0 Å². The molecule has 90 valence electrons. The van der Waals surface area contributed by atoms with Crippen molar-refractivity contribution in [3.63, 3.8) is 0 Å². The number of hydrogen-bond donors (Lipinski definition) is 1. The second kappa shape index (κ2) is 5.05. The summed E-state index contributed by atoms with van der Waals surface area (Å²) in [6, 6.07) is 2.58. The van der Waals surface area contributed by atoms with Gasteiger partial charge in [-0.1, -0.05) is 19.1 Å². The Bertz CT molecular complexity index is 489. The molecule has 0 amide bonds. The molecule has 0 spiro atoms. The van der Waals surface area contributed by atoms with Crippen LogP contribution in [0, 0.1) is 0 Å². The lowest BCUT2D eigenvalue weighted by atomic mass is 10.1. The van der Waals surface area contributed by atoms with Gasteiger partial charge in [0.25, 0.3) is 0 Å². The van der Waals surface area contributed by atoms with Crippen LogP contribution in [-0.2, 0) is 13.6 Å². The number of pyridine rings is 1. The van der Waals surface area contributed by atoms with E-state index in [1.54, 1.807) is 10.9 Å². The Morgan fingerprint density at radius 3 is 2.76 bits per heavy atom. The molecule has 5 heteroatoms. The van der Waals surface area contributed by atoms with Crippen LogP contribution in [0.4, 0.5) is 0 Å². The quantitative estimate of drug-likeness (QED) is 0.863. The molecule has 0 bridgehead atoms. The summed E-state index contributed by atoms with van der Waals surface area (Å²) in [6.45, 7) is 5.08. The van der Waals surface area contributed by atoms with Crippen molar-refractivity contribution in [3.05, 3.63) is 30.2 Å². The summed E-state index contributed by atoms with van der Waals surface area (Å²) in [7, 11) is 1.88. The summed E-state index contributed by atoms with van der Waals surface area (Å²) in [5.74, 6) is 0. The summed E-state index contributed by atoms with van der Waals surface area (Å²) < 4.78 is 1.75. The van der Waals surface area contributed by atoms with Crippen LogP contribution in [0.15, 0.2) is 24.7 Å². The molecule has 2 aromatic heterocycles. The molecule has 0 atom stereocenters. The van der Waals surface area contributed by atoms with E-state index in [9.17, 15) is 0 Å². The molecule has 17 heavy (non-hydrogen) atoms. The van der Waals surface area contributed by atoms with Crippen molar-refractivity contribution < 1.29 is 0 Å². The Morgan fingerprint density at radius 2 is 2.12 bits per heavy atom. The van der Waals surface area contributed by atoms with Crippen LogP contribution < -0.4 is 5.32 Å². The third-order valence-corrected chi connectivity index (χ3v) is 2.52. The van der Waals surface area contributed by atoms with Crippen molar-refractivity contribution in [1.82, 2.24) is 25.3 Å². The number of nitrogens with one attached hydrogen (secondary N) is 1. The predicted octanol–water partition coefficient (Wildman–Crippen LogP) is 1.38. The van der Waals surface area contributed by atoms with Crippen LogP contribution in [0.2, 0.25) is 0 Å². The lowest BCUT2D eigenvalue weighted by Crippen LogP contribution is -2.21. The van der Waals surface area contributed by atoms with E-state index in [1.807, 2.05) is 19.4 Å². The normalized spacial score (nSPS) is 11.1. The molecular weight excluding hydrogens is 214 g/mol. The standard InChI is InChI=1S/C12H17N5/c1-9(2)14-6-10-4-11(7-13-5-10)12-8-15-16-17(12)3/h4-5,7-9,14H,6H2,1-3H3. The zero-order valence-electron chi connectivity index (χ0n) is 10.4. The minimum Gasteiger partial charge on any atom is -0.310 e. The maximum absolute atomic E-state index is 4.25. The average Bonchev–Trinajstić information content (AvgIpc) is 2.73.